The Morgan fingerprint density at radius 1 is 0.545 bits per heavy atom. The molecule has 0 amide bonds. The van der Waals surface area contributed by atoms with Crippen LogP contribution in [0.2, 0.25) is 0 Å². The quantitative estimate of drug-likeness (QED) is 0.189. The van der Waals surface area contributed by atoms with Crippen LogP contribution in [0, 0.1) is 5.92 Å². The van der Waals surface area contributed by atoms with Gasteiger partial charge in [-0.15, -0.1) is 0 Å². The topological polar surface area (TPSA) is 9.86 Å². The van der Waals surface area contributed by atoms with Crippen LogP contribution in [0.25, 0.3) is 66.1 Å². The summed E-state index contributed by atoms with van der Waals surface area (Å²) in [4.78, 5) is 0. The first-order chi connectivity index (χ1) is 21.8. The molecule has 2 bridgehead atoms. The van der Waals surface area contributed by atoms with E-state index in [0.717, 1.165) is 0 Å². The molecule has 3 atom stereocenters. The van der Waals surface area contributed by atoms with Crippen molar-refractivity contribution in [2.75, 3.05) is 0 Å². The molecular formula is C42H28N2. The number of hydrogen-bond donors (Lipinski definition) is 0. The summed E-state index contributed by atoms with van der Waals surface area (Å²) >= 11 is 0. The SMILES string of the molecule is c1ccc(-c2cc3cc(c2)C24c5c(cccc5-n5c6ccccc6c6cc7c8ccccc8n-3c7c2c65)C2CCCC24)cc1. The summed E-state index contributed by atoms with van der Waals surface area (Å²) in [7, 11) is 0. The molecule has 2 aliphatic heterocycles. The van der Waals surface area contributed by atoms with Crippen molar-refractivity contribution in [1.29, 1.82) is 0 Å². The summed E-state index contributed by atoms with van der Waals surface area (Å²) < 4.78 is 5.27. The molecule has 8 aromatic rings. The van der Waals surface area contributed by atoms with Crippen molar-refractivity contribution in [1.82, 2.24) is 9.13 Å². The van der Waals surface area contributed by atoms with Crippen LogP contribution in [0.1, 0.15) is 47.4 Å². The summed E-state index contributed by atoms with van der Waals surface area (Å²) in [6, 6.07) is 46.6. The minimum absolute atomic E-state index is 0.197. The van der Waals surface area contributed by atoms with Crippen molar-refractivity contribution in [3.05, 3.63) is 144 Å². The molecule has 2 heteroatoms. The highest BCUT2D eigenvalue weighted by Gasteiger charge is 2.60. The van der Waals surface area contributed by atoms with E-state index in [0.29, 0.717) is 11.8 Å². The molecule has 12 rings (SSSR count). The molecule has 0 radical (unpaired) electrons. The number of aromatic nitrogens is 2. The minimum Gasteiger partial charge on any atom is -0.309 e. The first kappa shape index (κ1) is 22.5. The number of nitrogens with zero attached hydrogens (tertiary/aromatic N) is 2. The molecule has 4 heterocycles. The Hall–Kier alpha value is -5.08. The molecule has 6 aromatic carbocycles. The van der Waals surface area contributed by atoms with Crippen molar-refractivity contribution in [2.24, 2.45) is 5.92 Å². The van der Waals surface area contributed by atoms with E-state index in [-0.39, 0.29) is 5.41 Å². The largest absolute Gasteiger partial charge is 0.309 e. The van der Waals surface area contributed by atoms with Gasteiger partial charge in [0.25, 0.3) is 0 Å². The zero-order valence-corrected chi connectivity index (χ0v) is 24.2. The standard InChI is InChI=1S/C42H28N2/c1-2-10-24(11-3-1)25-20-26-22-27(21-25)43-35-17-6-4-12-29(35)32-23-33-30-13-5-7-18-36(30)44-37-19-9-15-31-28-14-8-16-34(28)42(26,38(31)37)39(40(32)43)41(33)44/h1-7,9-13,15,17-23,28,34H,8,14,16H2. The second kappa shape index (κ2) is 7.34. The van der Waals surface area contributed by atoms with Gasteiger partial charge in [0.15, 0.2) is 0 Å². The molecule has 44 heavy (non-hydrogen) atoms. The van der Waals surface area contributed by atoms with Gasteiger partial charge in [0.2, 0.25) is 0 Å². The van der Waals surface area contributed by atoms with Gasteiger partial charge in [-0.2, -0.15) is 0 Å². The predicted molar refractivity (Wildman–Crippen MR) is 181 cm³/mol. The summed E-state index contributed by atoms with van der Waals surface area (Å²) in [6.07, 6.45) is 3.85. The Labute approximate surface area is 254 Å². The van der Waals surface area contributed by atoms with Crippen LogP contribution in [0.3, 0.4) is 0 Å². The van der Waals surface area contributed by atoms with Crippen LogP contribution in [0.5, 0.6) is 0 Å². The van der Waals surface area contributed by atoms with Crippen molar-refractivity contribution in [3.63, 3.8) is 0 Å². The number of benzene rings is 6. The molecule has 206 valence electrons. The van der Waals surface area contributed by atoms with E-state index in [1.807, 2.05) is 0 Å². The second-order valence-corrected chi connectivity index (χ2v) is 13.6. The first-order valence-electron chi connectivity index (χ1n) is 16.2. The van der Waals surface area contributed by atoms with E-state index >= 15 is 0 Å². The highest BCUT2D eigenvalue weighted by atomic mass is 15.0. The molecule has 1 saturated carbocycles. The van der Waals surface area contributed by atoms with Gasteiger partial charge in [0.05, 0.1) is 33.2 Å². The zero-order valence-electron chi connectivity index (χ0n) is 24.2. The van der Waals surface area contributed by atoms with Gasteiger partial charge in [0.1, 0.15) is 0 Å². The Balaban J connectivity index is 1.43. The van der Waals surface area contributed by atoms with Crippen molar-refractivity contribution >= 4 is 43.6 Å². The molecule has 2 nitrogen and oxygen atoms in total. The monoisotopic (exact) mass is 560 g/mol. The molecule has 2 aromatic heterocycles. The lowest BCUT2D eigenvalue weighted by Crippen LogP contribution is -2.37. The summed E-state index contributed by atoms with van der Waals surface area (Å²) in [6.45, 7) is 0. The van der Waals surface area contributed by atoms with Crippen LogP contribution >= 0.6 is 0 Å². The third-order valence-electron chi connectivity index (χ3n) is 11.9. The van der Waals surface area contributed by atoms with E-state index in [2.05, 4.69) is 130 Å². The third-order valence-corrected chi connectivity index (χ3v) is 11.9. The Morgan fingerprint density at radius 3 is 2.09 bits per heavy atom. The van der Waals surface area contributed by atoms with Gasteiger partial charge >= 0.3 is 0 Å². The van der Waals surface area contributed by atoms with E-state index in [9.17, 15) is 0 Å². The highest BCUT2D eigenvalue weighted by Crippen LogP contribution is 2.69. The molecule has 1 spiro atoms. The Kier molecular flexibility index (Phi) is 3.75. The van der Waals surface area contributed by atoms with Crippen LogP contribution in [0.15, 0.2) is 121 Å². The van der Waals surface area contributed by atoms with Crippen LogP contribution in [-0.4, -0.2) is 9.13 Å². The van der Waals surface area contributed by atoms with Crippen LogP contribution in [-0.2, 0) is 5.41 Å². The van der Waals surface area contributed by atoms with Gasteiger partial charge in [0, 0.05) is 32.8 Å². The van der Waals surface area contributed by atoms with E-state index in [4.69, 9.17) is 0 Å². The van der Waals surface area contributed by atoms with Gasteiger partial charge in [-0.1, -0.05) is 85.3 Å². The molecule has 0 N–H and O–H groups in total. The predicted octanol–water partition coefficient (Wildman–Crippen LogP) is 10.4. The Morgan fingerprint density at radius 2 is 1.27 bits per heavy atom. The summed E-state index contributed by atoms with van der Waals surface area (Å²) in [5.41, 5.74) is 16.7. The average molecular weight is 561 g/mol. The maximum atomic E-state index is 2.64. The highest BCUT2D eigenvalue weighted by molar-refractivity contribution is 6.23. The summed E-state index contributed by atoms with van der Waals surface area (Å²) in [5.74, 6) is 1.13. The fourth-order valence-corrected chi connectivity index (χ4v) is 10.6. The maximum absolute atomic E-state index is 2.64. The van der Waals surface area contributed by atoms with E-state index in [1.165, 1.54) is 90.9 Å². The lowest BCUT2D eigenvalue weighted by atomic mass is 9.62. The van der Waals surface area contributed by atoms with Crippen molar-refractivity contribution in [3.8, 4) is 22.5 Å². The van der Waals surface area contributed by atoms with Gasteiger partial charge < -0.3 is 9.13 Å². The normalized spacial score (nSPS) is 21.9. The molecule has 3 unspecified atom stereocenters. The molecule has 1 fully saturated rings. The molecule has 2 aliphatic carbocycles. The zero-order chi connectivity index (χ0) is 28.3. The molecule has 4 aliphatic rings. The first-order valence-corrected chi connectivity index (χ1v) is 16.2. The second-order valence-electron chi connectivity index (χ2n) is 13.6. The third kappa shape index (κ3) is 2.27. The van der Waals surface area contributed by atoms with Gasteiger partial charge in [-0.05, 0) is 95.0 Å². The van der Waals surface area contributed by atoms with Crippen molar-refractivity contribution < 1.29 is 0 Å². The summed E-state index contributed by atoms with van der Waals surface area (Å²) in [5, 5.41) is 5.48. The maximum Gasteiger partial charge on any atom is 0.0607 e. The van der Waals surface area contributed by atoms with Gasteiger partial charge in [-0.3, -0.25) is 0 Å². The lowest BCUT2D eigenvalue weighted by Gasteiger charge is -2.42. The van der Waals surface area contributed by atoms with E-state index < -0.39 is 0 Å². The van der Waals surface area contributed by atoms with E-state index in [1.54, 1.807) is 16.7 Å². The van der Waals surface area contributed by atoms with Crippen molar-refractivity contribution in [2.45, 2.75) is 30.6 Å². The smallest absolute Gasteiger partial charge is 0.0607 e. The minimum atomic E-state index is -0.197. The lowest BCUT2D eigenvalue weighted by molar-refractivity contribution is 0.387. The number of hydrogen-bond acceptors (Lipinski definition) is 0. The average Bonchev–Trinajstić information content (AvgIpc) is 3.82. The number of rotatable bonds is 1. The molecular weight excluding hydrogens is 532 g/mol. The molecule has 0 saturated heterocycles. The van der Waals surface area contributed by atoms with Crippen LogP contribution < -0.4 is 0 Å². The fourth-order valence-electron chi connectivity index (χ4n) is 10.6. The number of fused-ring (bicyclic) bond motifs is 12. The van der Waals surface area contributed by atoms with Gasteiger partial charge in [-0.25, -0.2) is 0 Å². The number of para-hydroxylation sites is 2. The fraction of sp³-hybridized carbons (Fsp3) is 0.143. The van der Waals surface area contributed by atoms with Crippen LogP contribution in [0.4, 0.5) is 0 Å². The Bertz CT molecular complexity index is 2600.